The minimum Gasteiger partial charge on any atom is -0.466 e. The highest BCUT2D eigenvalue weighted by molar-refractivity contribution is 5.74. The fourth-order valence-electron chi connectivity index (χ4n) is 5.44. The van der Waals surface area contributed by atoms with Crippen LogP contribution in [0.25, 0.3) is 0 Å². The second-order valence-electron chi connectivity index (χ2n) is 9.06. The first kappa shape index (κ1) is 23.8. The Hall–Kier alpha value is -2.31. The number of benzene rings is 2. The molecule has 2 aliphatic heterocycles. The summed E-state index contributed by atoms with van der Waals surface area (Å²) >= 11 is 0. The molecule has 2 saturated heterocycles. The molecule has 2 aliphatic rings. The second-order valence-corrected chi connectivity index (χ2v) is 9.06. The number of ether oxygens (including phenoxy) is 2. The maximum Gasteiger partial charge on any atom is 0.313 e. The normalized spacial score (nSPS) is 24.9. The van der Waals surface area contributed by atoms with E-state index < -0.39 is 6.10 Å². The molecule has 2 heterocycles. The third-order valence-electron chi connectivity index (χ3n) is 7.00. The third-order valence-corrected chi connectivity index (χ3v) is 7.00. The lowest BCUT2D eigenvalue weighted by Gasteiger charge is -2.44. The Kier molecular flexibility index (Phi) is 7.76. The molecule has 0 unspecified atom stereocenters. The van der Waals surface area contributed by atoms with E-state index in [0.717, 1.165) is 49.8 Å². The van der Waals surface area contributed by atoms with Gasteiger partial charge in [0.1, 0.15) is 17.7 Å². The molecular formula is C27H33F2NO3. The molecule has 0 aromatic heterocycles. The Labute approximate surface area is 194 Å². The summed E-state index contributed by atoms with van der Waals surface area (Å²) < 4.78 is 39.4. The molecule has 4 rings (SSSR count). The molecule has 0 radical (unpaired) electrons. The number of fused-ring (bicyclic) bond motifs is 2. The summed E-state index contributed by atoms with van der Waals surface area (Å²) in [6.07, 6.45) is 4.08. The quantitative estimate of drug-likeness (QED) is 0.456. The van der Waals surface area contributed by atoms with E-state index in [1.165, 1.54) is 24.3 Å². The highest BCUT2D eigenvalue weighted by Gasteiger charge is 2.51. The topological polar surface area (TPSA) is 38.8 Å². The molecule has 0 aliphatic carbocycles. The Bertz CT molecular complexity index is 872. The molecule has 2 aromatic rings. The molecule has 6 heteroatoms. The maximum atomic E-state index is 13.6. The van der Waals surface area contributed by atoms with Crippen molar-refractivity contribution >= 4 is 5.97 Å². The average Bonchev–Trinajstić information content (AvgIpc) is 3.09. The van der Waals surface area contributed by atoms with E-state index in [2.05, 4.69) is 11.8 Å². The molecule has 4 nitrogen and oxygen atoms in total. The fraction of sp³-hybridized carbons (Fsp3) is 0.519. The lowest BCUT2D eigenvalue weighted by Crippen LogP contribution is -2.55. The summed E-state index contributed by atoms with van der Waals surface area (Å²) in [5.41, 5.74) is 1.54. The van der Waals surface area contributed by atoms with Gasteiger partial charge in [0.05, 0.1) is 18.6 Å². The van der Waals surface area contributed by atoms with Crippen LogP contribution in [0, 0.1) is 17.6 Å². The van der Waals surface area contributed by atoms with Crippen molar-refractivity contribution in [1.29, 1.82) is 0 Å². The predicted molar refractivity (Wildman–Crippen MR) is 123 cm³/mol. The molecule has 2 bridgehead atoms. The van der Waals surface area contributed by atoms with Gasteiger partial charge in [0.15, 0.2) is 0 Å². The third kappa shape index (κ3) is 5.28. The first-order chi connectivity index (χ1) is 16.0. The van der Waals surface area contributed by atoms with E-state index in [-0.39, 0.29) is 35.7 Å². The number of unbranched alkanes of at least 4 members (excludes halogenated alkanes) is 1. The maximum absolute atomic E-state index is 13.6. The average molecular weight is 458 g/mol. The number of carbonyl (C=O) groups is 1. The summed E-state index contributed by atoms with van der Waals surface area (Å²) in [7, 11) is 0. The first-order valence-corrected chi connectivity index (χ1v) is 12.1. The van der Waals surface area contributed by atoms with Crippen molar-refractivity contribution in [3.63, 3.8) is 0 Å². The largest absolute Gasteiger partial charge is 0.466 e. The highest BCUT2D eigenvalue weighted by Crippen LogP contribution is 2.43. The van der Waals surface area contributed by atoms with Crippen molar-refractivity contribution < 1.29 is 23.0 Å². The van der Waals surface area contributed by atoms with Gasteiger partial charge in [-0.1, -0.05) is 37.6 Å². The molecule has 0 amide bonds. The first-order valence-electron chi connectivity index (χ1n) is 12.1. The zero-order valence-electron chi connectivity index (χ0n) is 19.4. The van der Waals surface area contributed by atoms with E-state index in [1.54, 1.807) is 24.3 Å². The van der Waals surface area contributed by atoms with Crippen LogP contribution < -0.4 is 0 Å². The van der Waals surface area contributed by atoms with Crippen LogP contribution >= 0.6 is 0 Å². The number of esters is 1. The molecule has 2 aromatic carbocycles. The van der Waals surface area contributed by atoms with Crippen LogP contribution in [-0.2, 0) is 14.3 Å². The van der Waals surface area contributed by atoms with Gasteiger partial charge in [-0.25, -0.2) is 8.78 Å². The van der Waals surface area contributed by atoms with Crippen LogP contribution in [0.3, 0.4) is 0 Å². The summed E-state index contributed by atoms with van der Waals surface area (Å²) in [6, 6.07) is 12.8. The number of carbonyl (C=O) groups excluding carboxylic acids is 1. The minimum atomic E-state index is -0.533. The molecular weight excluding hydrogens is 424 g/mol. The molecule has 2 fully saturated rings. The Morgan fingerprint density at radius 3 is 2.15 bits per heavy atom. The van der Waals surface area contributed by atoms with Gasteiger partial charge in [-0.2, -0.15) is 0 Å². The summed E-state index contributed by atoms with van der Waals surface area (Å²) in [5, 5.41) is 0. The van der Waals surface area contributed by atoms with Gasteiger partial charge in [-0.05, 0) is 74.5 Å². The molecule has 4 atom stereocenters. The Morgan fingerprint density at radius 1 is 1.00 bits per heavy atom. The Morgan fingerprint density at radius 2 is 1.61 bits per heavy atom. The lowest BCUT2D eigenvalue weighted by atomic mass is 9.86. The molecule has 0 N–H and O–H groups in total. The number of piperidine rings is 1. The van der Waals surface area contributed by atoms with Gasteiger partial charge in [-0.3, -0.25) is 9.69 Å². The van der Waals surface area contributed by atoms with Gasteiger partial charge in [0.25, 0.3) is 0 Å². The minimum absolute atomic E-state index is 0.0986. The second kappa shape index (κ2) is 10.7. The van der Waals surface area contributed by atoms with Crippen LogP contribution in [0.2, 0.25) is 0 Å². The van der Waals surface area contributed by atoms with E-state index in [4.69, 9.17) is 9.47 Å². The van der Waals surface area contributed by atoms with E-state index in [1.807, 2.05) is 6.92 Å². The van der Waals surface area contributed by atoms with Gasteiger partial charge < -0.3 is 9.47 Å². The molecule has 0 spiro atoms. The summed E-state index contributed by atoms with van der Waals surface area (Å²) in [4.78, 5) is 15.6. The van der Waals surface area contributed by atoms with E-state index in [0.29, 0.717) is 12.6 Å². The van der Waals surface area contributed by atoms with Crippen molar-refractivity contribution in [2.45, 2.75) is 70.2 Å². The van der Waals surface area contributed by atoms with Crippen LogP contribution in [0.15, 0.2) is 48.5 Å². The van der Waals surface area contributed by atoms with E-state index >= 15 is 0 Å². The SMILES string of the molecule is CCCCN1[C@@H]2CC[C@H]1[C@H](C(=O)OCC)[C@@H](OC(c1ccc(F)cc1)c1ccc(F)cc1)C2. The van der Waals surface area contributed by atoms with Crippen molar-refractivity contribution in [2.75, 3.05) is 13.2 Å². The standard InChI is InChI=1S/C27H33F2NO3/c1-3-5-16-30-22-14-15-23(30)25(27(31)32-4-2)24(17-22)33-26(18-6-10-20(28)11-7-18)19-8-12-21(29)13-9-19/h6-13,22-26H,3-5,14-17H2,1-2H3/t22-,23+,24+,25+/m1/s1. The Balaban J connectivity index is 1.65. The predicted octanol–water partition coefficient (Wildman–Crippen LogP) is 5.66. The van der Waals surface area contributed by atoms with Crippen LogP contribution in [0.5, 0.6) is 0 Å². The number of hydrogen-bond acceptors (Lipinski definition) is 4. The number of halogens is 2. The highest BCUT2D eigenvalue weighted by atomic mass is 19.1. The van der Waals surface area contributed by atoms with Gasteiger partial charge in [-0.15, -0.1) is 0 Å². The van der Waals surface area contributed by atoms with Gasteiger partial charge in [0.2, 0.25) is 0 Å². The van der Waals surface area contributed by atoms with Crippen molar-refractivity contribution in [1.82, 2.24) is 4.90 Å². The zero-order chi connectivity index (χ0) is 23.4. The van der Waals surface area contributed by atoms with Crippen LogP contribution in [0.1, 0.15) is 63.2 Å². The van der Waals surface area contributed by atoms with Crippen molar-refractivity contribution in [2.24, 2.45) is 5.92 Å². The van der Waals surface area contributed by atoms with Crippen molar-refractivity contribution in [3.05, 3.63) is 71.3 Å². The van der Waals surface area contributed by atoms with Crippen molar-refractivity contribution in [3.8, 4) is 0 Å². The monoisotopic (exact) mass is 457 g/mol. The molecule has 33 heavy (non-hydrogen) atoms. The molecule has 0 saturated carbocycles. The molecule has 178 valence electrons. The van der Waals surface area contributed by atoms with Gasteiger partial charge in [0, 0.05) is 12.1 Å². The number of rotatable bonds is 9. The zero-order valence-corrected chi connectivity index (χ0v) is 19.4. The number of hydrogen-bond donors (Lipinski definition) is 0. The summed E-state index contributed by atoms with van der Waals surface area (Å²) in [5.74, 6) is -1.26. The number of nitrogens with zero attached hydrogens (tertiary/aromatic N) is 1. The van der Waals surface area contributed by atoms with Gasteiger partial charge >= 0.3 is 5.97 Å². The summed E-state index contributed by atoms with van der Waals surface area (Å²) in [6.45, 7) is 5.31. The smallest absolute Gasteiger partial charge is 0.313 e. The van der Waals surface area contributed by atoms with Crippen LogP contribution in [0.4, 0.5) is 8.78 Å². The van der Waals surface area contributed by atoms with E-state index in [9.17, 15) is 13.6 Å². The van der Waals surface area contributed by atoms with Crippen LogP contribution in [-0.4, -0.2) is 42.2 Å². The fourth-order valence-corrected chi connectivity index (χ4v) is 5.44. The lowest BCUT2D eigenvalue weighted by molar-refractivity contribution is -0.165.